The van der Waals surface area contributed by atoms with Crippen LogP contribution >= 0.6 is 7.82 Å². The van der Waals surface area contributed by atoms with Gasteiger partial charge >= 0.3 is 7.82 Å². The Bertz CT molecular complexity index is 313. The summed E-state index contributed by atoms with van der Waals surface area (Å²) in [7, 11) is -3.58. The summed E-state index contributed by atoms with van der Waals surface area (Å²) < 4.78 is 27.7. The van der Waals surface area contributed by atoms with Gasteiger partial charge in [-0.2, -0.15) is 5.26 Å². The molecule has 0 radical (unpaired) electrons. The normalized spacial score (nSPS) is 19.4. The minimum atomic E-state index is -3.58. The van der Waals surface area contributed by atoms with Gasteiger partial charge in [-0.1, -0.05) is 19.3 Å². The maximum atomic E-state index is 12.2. The van der Waals surface area contributed by atoms with Gasteiger partial charge in [0.05, 0.1) is 19.3 Å². The molecule has 1 saturated carbocycles. The van der Waals surface area contributed by atoms with E-state index in [0.29, 0.717) is 0 Å². The van der Waals surface area contributed by atoms with E-state index in [1.165, 1.54) is 6.42 Å². The van der Waals surface area contributed by atoms with Crippen molar-refractivity contribution in [1.29, 1.82) is 5.26 Å². The standard InChI is InChI=1S/C12H22NO4P/c1-3-15-18(14,16-4-2)17-12(10-13)11-8-6-5-7-9-11/h11-12H,3-9H2,1-2H3/t12-/m0/s1. The Morgan fingerprint density at radius 1 is 1.22 bits per heavy atom. The SMILES string of the molecule is CCOP(=O)(OCC)O[C@@H](C#N)C1CCCCC1. The van der Waals surface area contributed by atoms with Crippen molar-refractivity contribution < 1.29 is 18.1 Å². The second-order valence-electron chi connectivity index (χ2n) is 4.34. The summed E-state index contributed by atoms with van der Waals surface area (Å²) in [6, 6.07) is 2.09. The highest BCUT2D eigenvalue weighted by Crippen LogP contribution is 2.51. The van der Waals surface area contributed by atoms with E-state index in [2.05, 4.69) is 6.07 Å². The Morgan fingerprint density at radius 3 is 2.22 bits per heavy atom. The van der Waals surface area contributed by atoms with Gasteiger partial charge in [-0.15, -0.1) is 0 Å². The van der Waals surface area contributed by atoms with Crippen molar-refractivity contribution >= 4 is 7.82 Å². The number of hydrogen-bond acceptors (Lipinski definition) is 5. The molecule has 0 spiro atoms. The first-order valence-corrected chi connectivity index (χ1v) is 8.08. The van der Waals surface area contributed by atoms with Gasteiger partial charge in [-0.3, -0.25) is 13.6 Å². The van der Waals surface area contributed by atoms with Gasteiger partial charge in [0, 0.05) is 0 Å². The van der Waals surface area contributed by atoms with Crippen molar-refractivity contribution in [2.75, 3.05) is 13.2 Å². The molecule has 1 atom stereocenters. The molecule has 104 valence electrons. The fourth-order valence-corrected chi connectivity index (χ4v) is 3.53. The van der Waals surface area contributed by atoms with E-state index < -0.39 is 13.9 Å². The van der Waals surface area contributed by atoms with Gasteiger partial charge in [0.1, 0.15) is 0 Å². The minimum Gasteiger partial charge on any atom is -0.287 e. The zero-order valence-electron chi connectivity index (χ0n) is 11.1. The Balaban J connectivity index is 2.64. The van der Waals surface area contributed by atoms with Crippen molar-refractivity contribution in [3.63, 3.8) is 0 Å². The quantitative estimate of drug-likeness (QED) is 0.663. The Labute approximate surface area is 109 Å². The van der Waals surface area contributed by atoms with Crippen LogP contribution in [0.2, 0.25) is 0 Å². The summed E-state index contributed by atoms with van der Waals surface area (Å²) in [6.45, 7) is 3.91. The Hall–Kier alpha value is -0.400. The molecular weight excluding hydrogens is 253 g/mol. The van der Waals surface area contributed by atoms with Gasteiger partial charge < -0.3 is 0 Å². The number of phosphoric ester groups is 1. The number of phosphoric acid groups is 1. The summed E-state index contributed by atoms with van der Waals surface area (Å²) in [5, 5.41) is 9.17. The molecule has 0 aromatic carbocycles. The number of rotatable bonds is 7. The summed E-state index contributed by atoms with van der Waals surface area (Å²) in [6.07, 6.45) is 4.57. The molecule has 0 saturated heterocycles. The fraction of sp³-hybridized carbons (Fsp3) is 0.917. The topological polar surface area (TPSA) is 68.6 Å². The zero-order valence-corrected chi connectivity index (χ0v) is 12.0. The third-order valence-corrected chi connectivity index (χ3v) is 4.66. The molecule has 6 heteroatoms. The Kier molecular flexibility index (Phi) is 6.88. The number of nitrogens with zero attached hydrogens (tertiary/aromatic N) is 1. The van der Waals surface area contributed by atoms with Gasteiger partial charge in [0.25, 0.3) is 0 Å². The van der Waals surface area contributed by atoms with Gasteiger partial charge in [0.15, 0.2) is 6.10 Å². The highest BCUT2D eigenvalue weighted by Gasteiger charge is 2.34. The lowest BCUT2D eigenvalue weighted by Crippen LogP contribution is -2.24. The van der Waals surface area contributed by atoms with E-state index in [4.69, 9.17) is 13.6 Å². The van der Waals surface area contributed by atoms with E-state index >= 15 is 0 Å². The van der Waals surface area contributed by atoms with Gasteiger partial charge in [-0.05, 0) is 32.6 Å². The third-order valence-electron chi connectivity index (χ3n) is 3.02. The van der Waals surface area contributed by atoms with Crippen LogP contribution in [-0.2, 0) is 18.1 Å². The lowest BCUT2D eigenvalue weighted by molar-refractivity contribution is 0.0703. The maximum absolute atomic E-state index is 12.2. The molecule has 0 aliphatic heterocycles. The lowest BCUT2D eigenvalue weighted by atomic mass is 9.86. The molecule has 0 unspecified atom stereocenters. The largest absolute Gasteiger partial charge is 0.476 e. The van der Waals surface area contributed by atoms with E-state index in [9.17, 15) is 9.83 Å². The molecule has 18 heavy (non-hydrogen) atoms. The number of nitriles is 1. The second kappa shape index (κ2) is 7.91. The molecule has 1 fully saturated rings. The molecule has 1 aliphatic carbocycles. The molecule has 0 bridgehead atoms. The van der Waals surface area contributed by atoms with Gasteiger partial charge in [0.2, 0.25) is 0 Å². The highest BCUT2D eigenvalue weighted by molar-refractivity contribution is 7.48. The molecule has 1 rings (SSSR count). The van der Waals surface area contributed by atoms with Crippen LogP contribution in [0.4, 0.5) is 0 Å². The molecule has 0 heterocycles. The van der Waals surface area contributed by atoms with Crippen LogP contribution in [0.3, 0.4) is 0 Å². The zero-order chi connectivity index (χ0) is 13.4. The smallest absolute Gasteiger partial charge is 0.287 e. The first-order chi connectivity index (χ1) is 8.65. The summed E-state index contributed by atoms with van der Waals surface area (Å²) in [5.41, 5.74) is 0. The van der Waals surface area contributed by atoms with E-state index in [-0.39, 0.29) is 19.1 Å². The van der Waals surface area contributed by atoms with Crippen molar-refractivity contribution in [2.45, 2.75) is 52.1 Å². The first kappa shape index (κ1) is 15.7. The van der Waals surface area contributed by atoms with E-state index in [1.807, 2.05) is 0 Å². The lowest BCUT2D eigenvalue weighted by Gasteiger charge is -2.27. The molecule has 0 N–H and O–H groups in total. The van der Waals surface area contributed by atoms with E-state index in [0.717, 1.165) is 25.7 Å². The highest BCUT2D eigenvalue weighted by atomic mass is 31.2. The van der Waals surface area contributed by atoms with Crippen LogP contribution in [0.5, 0.6) is 0 Å². The van der Waals surface area contributed by atoms with Crippen LogP contribution in [-0.4, -0.2) is 19.3 Å². The molecule has 0 aromatic rings. The maximum Gasteiger partial charge on any atom is 0.476 e. The van der Waals surface area contributed by atoms with Crippen LogP contribution in [0.15, 0.2) is 0 Å². The third kappa shape index (κ3) is 4.70. The van der Waals surface area contributed by atoms with Crippen LogP contribution < -0.4 is 0 Å². The van der Waals surface area contributed by atoms with Gasteiger partial charge in [-0.25, -0.2) is 4.57 Å². The second-order valence-corrected chi connectivity index (χ2v) is 5.96. The van der Waals surface area contributed by atoms with Crippen LogP contribution in [0.25, 0.3) is 0 Å². The molecule has 0 amide bonds. The Morgan fingerprint density at radius 2 is 1.78 bits per heavy atom. The van der Waals surface area contributed by atoms with Crippen LogP contribution in [0.1, 0.15) is 46.0 Å². The average Bonchev–Trinajstić information content (AvgIpc) is 2.38. The van der Waals surface area contributed by atoms with Crippen molar-refractivity contribution in [3.8, 4) is 6.07 Å². The van der Waals surface area contributed by atoms with Crippen molar-refractivity contribution in [2.24, 2.45) is 5.92 Å². The monoisotopic (exact) mass is 275 g/mol. The minimum absolute atomic E-state index is 0.137. The van der Waals surface area contributed by atoms with E-state index in [1.54, 1.807) is 13.8 Å². The summed E-state index contributed by atoms with van der Waals surface area (Å²) in [4.78, 5) is 0. The molecule has 1 aliphatic rings. The predicted molar refractivity (Wildman–Crippen MR) is 67.9 cm³/mol. The number of hydrogen-bond donors (Lipinski definition) is 0. The average molecular weight is 275 g/mol. The summed E-state index contributed by atoms with van der Waals surface area (Å²) >= 11 is 0. The fourth-order valence-electron chi connectivity index (χ4n) is 2.21. The molecular formula is C12H22NO4P. The molecule has 5 nitrogen and oxygen atoms in total. The van der Waals surface area contributed by atoms with Crippen molar-refractivity contribution in [1.82, 2.24) is 0 Å². The van der Waals surface area contributed by atoms with Crippen molar-refractivity contribution in [3.05, 3.63) is 0 Å². The first-order valence-electron chi connectivity index (χ1n) is 6.62. The predicted octanol–water partition coefficient (Wildman–Crippen LogP) is 3.66. The van der Waals surface area contributed by atoms with Crippen LogP contribution in [0, 0.1) is 17.2 Å². The molecule has 0 aromatic heterocycles. The summed E-state index contributed by atoms with van der Waals surface area (Å²) in [5.74, 6) is 0.137.